The molecule has 2 heteroatoms. The van der Waals surface area contributed by atoms with Crippen molar-refractivity contribution in [2.24, 2.45) is 5.92 Å². The highest BCUT2D eigenvalue weighted by molar-refractivity contribution is 4.97. The molecule has 2 nitrogen and oxygen atoms in total. The van der Waals surface area contributed by atoms with Crippen molar-refractivity contribution in [1.82, 2.24) is 0 Å². The zero-order chi connectivity index (χ0) is 10.2. The van der Waals surface area contributed by atoms with Crippen molar-refractivity contribution in [3.05, 3.63) is 12.7 Å². The summed E-state index contributed by atoms with van der Waals surface area (Å²) in [5.74, 6) is 0.583. The number of hydrogen-bond donors (Lipinski definition) is 0. The summed E-state index contributed by atoms with van der Waals surface area (Å²) in [4.78, 5) is 0. The first-order valence-corrected chi connectivity index (χ1v) is 5.64. The Bertz CT molecular complexity index is 216. The average molecular weight is 196 g/mol. The van der Waals surface area contributed by atoms with Crippen LogP contribution in [-0.4, -0.2) is 18.0 Å². The molecule has 2 atom stereocenters. The maximum atomic E-state index is 6.08. The van der Waals surface area contributed by atoms with E-state index >= 15 is 0 Å². The van der Waals surface area contributed by atoms with Crippen LogP contribution in [0.25, 0.3) is 0 Å². The van der Waals surface area contributed by atoms with Gasteiger partial charge < -0.3 is 9.47 Å². The lowest BCUT2D eigenvalue weighted by molar-refractivity contribution is -0.114. The third-order valence-electron chi connectivity index (χ3n) is 3.57. The van der Waals surface area contributed by atoms with Gasteiger partial charge >= 0.3 is 0 Å². The van der Waals surface area contributed by atoms with Crippen LogP contribution in [0.1, 0.15) is 39.5 Å². The summed E-state index contributed by atoms with van der Waals surface area (Å²) >= 11 is 0. The molecule has 0 aromatic carbocycles. The normalized spacial score (nSPS) is 34.8. The van der Waals surface area contributed by atoms with Crippen molar-refractivity contribution in [3.8, 4) is 0 Å². The fourth-order valence-corrected chi connectivity index (χ4v) is 2.41. The second-order valence-electron chi connectivity index (χ2n) is 4.75. The largest absolute Gasteiger partial charge is 0.343 e. The Kier molecular flexibility index (Phi) is 2.67. The number of hydrogen-bond acceptors (Lipinski definition) is 2. The van der Waals surface area contributed by atoms with Crippen LogP contribution >= 0.6 is 0 Å². The first-order valence-electron chi connectivity index (χ1n) is 5.64. The molecule has 2 unspecified atom stereocenters. The van der Waals surface area contributed by atoms with Crippen LogP contribution in [0.5, 0.6) is 0 Å². The Morgan fingerprint density at radius 3 is 2.50 bits per heavy atom. The summed E-state index contributed by atoms with van der Waals surface area (Å²) in [6, 6.07) is 0. The van der Waals surface area contributed by atoms with Gasteiger partial charge in [-0.3, -0.25) is 0 Å². The van der Waals surface area contributed by atoms with Crippen LogP contribution in [0.15, 0.2) is 12.7 Å². The van der Waals surface area contributed by atoms with Crippen LogP contribution in [0.2, 0.25) is 0 Å². The zero-order valence-electron chi connectivity index (χ0n) is 9.16. The van der Waals surface area contributed by atoms with Gasteiger partial charge in [-0.15, -0.1) is 6.58 Å². The number of epoxide rings is 1. The van der Waals surface area contributed by atoms with E-state index in [-0.39, 0.29) is 18.0 Å². The Labute approximate surface area is 86.3 Å². The monoisotopic (exact) mass is 196 g/mol. The molecule has 2 fully saturated rings. The molecule has 1 aliphatic heterocycles. The van der Waals surface area contributed by atoms with Gasteiger partial charge in [0.15, 0.2) is 6.29 Å². The number of ether oxygens (including phenoxy) is 2. The summed E-state index contributed by atoms with van der Waals surface area (Å²) in [5, 5.41) is 0. The summed E-state index contributed by atoms with van der Waals surface area (Å²) in [7, 11) is 0. The molecular formula is C12H20O2. The minimum atomic E-state index is -0.00648. The lowest BCUT2D eigenvalue weighted by Gasteiger charge is -2.32. The topological polar surface area (TPSA) is 21.8 Å². The van der Waals surface area contributed by atoms with Crippen molar-refractivity contribution in [1.29, 1.82) is 0 Å². The molecule has 1 aliphatic carbocycles. The maximum Gasteiger partial charge on any atom is 0.189 e. The van der Waals surface area contributed by atoms with Crippen LogP contribution in [0, 0.1) is 5.92 Å². The van der Waals surface area contributed by atoms with E-state index in [1.165, 1.54) is 25.7 Å². The molecule has 0 aromatic heterocycles. The Morgan fingerprint density at radius 2 is 2.07 bits per heavy atom. The minimum Gasteiger partial charge on any atom is -0.343 e. The third kappa shape index (κ3) is 1.73. The van der Waals surface area contributed by atoms with Crippen molar-refractivity contribution < 1.29 is 9.47 Å². The molecule has 0 radical (unpaired) electrons. The van der Waals surface area contributed by atoms with Gasteiger partial charge in [-0.05, 0) is 18.8 Å². The van der Waals surface area contributed by atoms with E-state index in [1.807, 2.05) is 6.08 Å². The first-order chi connectivity index (χ1) is 6.68. The van der Waals surface area contributed by atoms with E-state index in [1.54, 1.807) is 0 Å². The van der Waals surface area contributed by atoms with Crippen LogP contribution in [-0.2, 0) is 9.47 Å². The first kappa shape index (κ1) is 10.2. The lowest BCUT2D eigenvalue weighted by Crippen LogP contribution is -2.36. The van der Waals surface area contributed by atoms with E-state index in [2.05, 4.69) is 20.4 Å². The molecule has 0 amide bonds. The minimum absolute atomic E-state index is 0.00648. The smallest absolute Gasteiger partial charge is 0.189 e. The lowest BCUT2D eigenvalue weighted by atomic mass is 9.88. The molecule has 0 bridgehead atoms. The molecule has 80 valence electrons. The van der Waals surface area contributed by atoms with Gasteiger partial charge in [0.05, 0.1) is 5.60 Å². The summed E-state index contributed by atoms with van der Waals surface area (Å²) in [5.41, 5.74) is 0.0857. The van der Waals surface area contributed by atoms with Gasteiger partial charge in [0.25, 0.3) is 0 Å². The van der Waals surface area contributed by atoms with Gasteiger partial charge in [-0.1, -0.05) is 32.8 Å². The summed E-state index contributed by atoms with van der Waals surface area (Å²) in [6.45, 7) is 8.20. The van der Waals surface area contributed by atoms with Crippen molar-refractivity contribution in [2.75, 3.05) is 0 Å². The van der Waals surface area contributed by atoms with Crippen molar-refractivity contribution >= 4 is 0 Å². The quantitative estimate of drug-likeness (QED) is 0.509. The highest BCUT2D eigenvalue weighted by Crippen LogP contribution is 2.43. The van der Waals surface area contributed by atoms with E-state index in [0.29, 0.717) is 5.92 Å². The molecule has 1 heterocycles. The molecule has 2 rings (SSSR count). The third-order valence-corrected chi connectivity index (χ3v) is 3.57. The molecule has 0 N–H and O–H groups in total. The highest BCUT2D eigenvalue weighted by Gasteiger charge is 2.47. The predicted molar refractivity (Wildman–Crippen MR) is 56.0 cm³/mol. The standard InChI is InChI=1S/C12H20O2/c1-4-10-11(13-10)14-12(9(2)3)7-5-6-8-12/h4,9-11H,1,5-8H2,2-3H3. The van der Waals surface area contributed by atoms with Crippen LogP contribution < -0.4 is 0 Å². The fraction of sp³-hybridized carbons (Fsp3) is 0.833. The fourth-order valence-electron chi connectivity index (χ4n) is 2.41. The molecule has 1 saturated heterocycles. The van der Waals surface area contributed by atoms with Gasteiger partial charge in [0, 0.05) is 0 Å². The second-order valence-corrected chi connectivity index (χ2v) is 4.75. The molecule has 1 saturated carbocycles. The molecule has 0 spiro atoms. The molecule has 14 heavy (non-hydrogen) atoms. The highest BCUT2D eigenvalue weighted by atomic mass is 16.8. The predicted octanol–water partition coefficient (Wildman–Crippen LogP) is 2.88. The van der Waals surface area contributed by atoms with Crippen LogP contribution in [0.3, 0.4) is 0 Å². The van der Waals surface area contributed by atoms with Crippen molar-refractivity contribution in [2.45, 2.75) is 57.5 Å². The average Bonchev–Trinajstić information content (AvgIpc) is 2.70. The Balaban J connectivity index is 1.95. The Hall–Kier alpha value is -0.340. The summed E-state index contributed by atoms with van der Waals surface area (Å²) in [6.07, 6.45) is 6.93. The SMILES string of the molecule is C=CC1OC1OC1(C(C)C)CCCC1. The van der Waals surface area contributed by atoms with Gasteiger partial charge in [-0.2, -0.15) is 0 Å². The molecular weight excluding hydrogens is 176 g/mol. The van der Waals surface area contributed by atoms with E-state index < -0.39 is 0 Å². The van der Waals surface area contributed by atoms with Crippen LogP contribution in [0.4, 0.5) is 0 Å². The second kappa shape index (κ2) is 3.67. The van der Waals surface area contributed by atoms with Gasteiger partial charge in [0.1, 0.15) is 6.10 Å². The van der Waals surface area contributed by atoms with E-state index in [9.17, 15) is 0 Å². The van der Waals surface area contributed by atoms with Gasteiger partial charge in [0.2, 0.25) is 0 Å². The maximum absolute atomic E-state index is 6.08. The number of rotatable bonds is 4. The molecule has 0 aromatic rings. The van der Waals surface area contributed by atoms with Gasteiger partial charge in [-0.25, -0.2) is 0 Å². The van der Waals surface area contributed by atoms with E-state index in [0.717, 1.165) is 0 Å². The Morgan fingerprint density at radius 1 is 1.43 bits per heavy atom. The summed E-state index contributed by atoms with van der Waals surface area (Å²) < 4.78 is 11.4. The zero-order valence-corrected chi connectivity index (χ0v) is 9.16. The molecule has 2 aliphatic rings. The van der Waals surface area contributed by atoms with E-state index in [4.69, 9.17) is 9.47 Å². The van der Waals surface area contributed by atoms with Crippen molar-refractivity contribution in [3.63, 3.8) is 0 Å².